The summed E-state index contributed by atoms with van der Waals surface area (Å²) < 4.78 is 14.5. The number of anilines is 2. The number of hydrogen-bond donors (Lipinski definition) is 1. The van der Waals surface area contributed by atoms with Crippen molar-refractivity contribution >= 4 is 11.4 Å². The summed E-state index contributed by atoms with van der Waals surface area (Å²) in [5.74, 6) is 0.286. The molecule has 3 rings (SSSR count). The van der Waals surface area contributed by atoms with Crippen molar-refractivity contribution in [3.63, 3.8) is 0 Å². The van der Waals surface area contributed by atoms with Gasteiger partial charge in [0.05, 0.1) is 5.69 Å². The lowest BCUT2D eigenvalue weighted by atomic mass is 9.92. The van der Waals surface area contributed by atoms with E-state index in [0.29, 0.717) is 11.6 Å². The smallest absolute Gasteiger partial charge is 0.147 e. The molecule has 0 saturated carbocycles. The molecule has 21 heavy (non-hydrogen) atoms. The second-order valence-corrected chi connectivity index (χ2v) is 6.01. The van der Waals surface area contributed by atoms with Crippen LogP contribution >= 0.6 is 0 Å². The van der Waals surface area contributed by atoms with Gasteiger partial charge in [-0.15, -0.1) is 0 Å². The van der Waals surface area contributed by atoms with Gasteiger partial charge in [-0.3, -0.25) is 0 Å². The zero-order valence-electron chi connectivity index (χ0n) is 12.5. The lowest BCUT2D eigenvalue weighted by molar-refractivity contribution is 0.549. The van der Waals surface area contributed by atoms with Crippen LogP contribution in [0.5, 0.6) is 0 Å². The molecule has 0 radical (unpaired) electrons. The first-order valence-corrected chi connectivity index (χ1v) is 7.47. The Bertz CT molecular complexity index is 651. The molecule has 1 heterocycles. The number of fused-ring (bicyclic) bond motifs is 1. The summed E-state index contributed by atoms with van der Waals surface area (Å²) in [6.45, 7) is 4.92. The molecule has 2 aromatic rings. The van der Waals surface area contributed by atoms with E-state index in [0.717, 1.165) is 24.2 Å². The Labute approximate surface area is 125 Å². The summed E-state index contributed by atoms with van der Waals surface area (Å²) in [6, 6.07) is 13.2. The number of nitrogens with zero attached hydrogens (tertiary/aromatic N) is 1. The Morgan fingerprint density at radius 2 is 1.95 bits per heavy atom. The zero-order chi connectivity index (χ0) is 15.0. The molecule has 3 heteroatoms. The Balaban J connectivity index is 2.17. The molecule has 0 bridgehead atoms. The van der Waals surface area contributed by atoms with E-state index in [1.165, 1.54) is 11.6 Å². The molecule has 0 saturated heterocycles. The van der Waals surface area contributed by atoms with Crippen LogP contribution < -0.4 is 10.6 Å². The standard InChI is InChI=1S/C18H21FN2/c1-12-10-14-6-3-4-9-17(14)21(11-12)18-15(13(2)20)7-5-8-16(18)19/h3-9,12-13H,10-11,20H2,1-2H3. The molecule has 0 spiro atoms. The van der Waals surface area contributed by atoms with Gasteiger partial charge in [0.2, 0.25) is 0 Å². The van der Waals surface area contributed by atoms with Gasteiger partial charge in [0.1, 0.15) is 5.82 Å². The van der Waals surface area contributed by atoms with Crippen LogP contribution in [0, 0.1) is 11.7 Å². The van der Waals surface area contributed by atoms with Crippen molar-refractivity contribution in [2.24, 2.45) is 11.7 Å². The Morgan fingerprint density at radius 1 is 1.19 bits per heavy atom. The van der Waals surface area contributed by atoms with E-state index >= 15 is 0 Å². The van der Waals surface area contributed by atoms with E-state index in [1.54, 1.807) is 6.07 Å². The van der Waals surface area contributed by atoms with Crippen LogP contribution in [-0.4, -0.2) is 6.54 Å². The van der Waals surface area contributed by atoms with Crippen LogP contribution in [-0.2, 0) is 6.42 Å². The minimum atomic E-state index is -0.200. The summed E-state index contributed by atoms with van der Waals surface area (Å²) in [7, 11) is 0. The molecule has 110 valence electrons. The first-order chi connectivity index (χ1) is 10.1. The van der Waals surface area contributed by atoms with Gasteiger partial charge in [-0.05, 0) is 42.5 Å². The Morgan fingerprint density at radius 3 is 2.71 bits per heavy atom. The van der Waals surface area contributed by atoms with Crippen molar-refractivity contribution in [2.75, 3.05) is 11.4 Å². The van der Waals surface area contributed by atoms with Crippen molar-refractivity contribution in [1.29, 1.82) is 0 Å². The van der Waals surface area contributed by atoms with Gasteiger partial charge in [0, 0.05) is 18.3 Å². The van der Waals surface area contributed by atoms with Crippen LogP contribution in [0.4, 0.5) is 15.8 Å². The third-order valence-corrected chi connectivity index (χ3v) is 4.12. The maximum absolute atomic E-state index is 14.5. The Hall–Kier alpha value is -1.87. The molecule has 0 aliphatic carbocycles. The number of nitrogens with two attached hydrogens (primary N) is 1. The van der Waals surface area contributed by atoms with Gasteiger partial charge in [-0.1, -0.05) is 37.3 Å². The van der Waals surface area contributed by atoms with Crippen LogP contribution in [0.15, 0.2) is 42.5 Å². The fourth-order valence-electron chi connectivity index (χ4n) is 3.19. The van der Waals surface area contributed by atoms with Crippen LogP contribution in [0.25, 0.3) is 0 Å². The maximum atomic E-state index is 14.5. The normalized spacial score (nSPS) is 19.2. The highest BCUT2D eigenvalue weighted by Gasteiger charge is 2.26. The topological polar surface area (TPSA) is 29.3 Å². The first-order valence-electron chi connectivity index (χ1n) is 7.47. The van der Waals surface area contributed by atoms with Crippen molar-refractivity contribution in [3.05, 3.63) is 59.4 Å². The van der Waals surface area contributed by atoms with Gasteiger partial charge in [-0.2, -0.15) is 0 Å². The zero-order valence-corrected chi connectivity index (χ0v) is 12.5. The molecule has 2 unspecified atom stereocenters. The third-order valence-electron chi connectivity index (χ3n) is 4.12. The summed E-state index contributed by atoms with van der Waals surface area (Å²) in [6.07, 6.45) is 1.04. The highest BCUT2D eigenvalue weighted by atomic mass is 19.1. The Kier molecular flexibility index (Phi) is 3.68. The quantitative estimate of drug-likeness (QED) is 0.896. The predicted octanol–water partition coefficient (Wildman–Crippen LogP) is 4.18. The molecule has 1 aliphatic rings. The molecule has 2 aromatic carbocycles. The molecular weight excluding hydrogens is 263 g/mol. The van der Waals surface area contributed by atoms with E-state index in [9.17, 15) is 4.39 Å². The van der Waals surface area contributed by atoms with Crippen molar-refractivity contribution in [3.8, 4) is 0 Å². The van der Waals surface area contributed by atoms with Crippen molar-refractivity contribution in [2.45, 2.75) is 26.3 Å². The van der Waals surface area contributed by atoms with Crippen LogP contribution in [0.1, 0.15) is 31.0 Å². The summed E-state index contributed by atoms with van der Waals surface area (Å²) in [5, 5.41) is 0. The average molecular weight is 284 g/mol. The SMILES string of the molecule is CC1Cc2ccccc2N(c2c(F)cccc2C(C)N)C1. The summed E-state index contributed by atoms with van der Waals surface area (Å²) >= 11 is 0. The van der Waals surface area contributed by atoms with E-state index in [2.05, 4.69) is 24.0 Å². The average Bonchev–Trinajstić information content (AvgIpc) is 2.46. The fourth-order valence-corrected chi connectivity index (χ4v) is 3.19. The van der Waals surface area contributed by atoms with E-state index in [-0.39, 0.29) is 11.9 Å². The largest absolute Gasteiger partial charge is 0.338 e. The predicted molar refractivity (Wildman–Crippen MR) is 85.3 cm³/mol. The van der Waals surface area contributed by atoms with Crippen LogP contribution in [0.2, 0.25) is 0 Å². The van der Waals surface area contributed by atoms with Gasteiger partial charge >= 0.3 is 0 Å². The number of para-hydroxylation sites is 2. The minimum absolute atomic E-state index is 0.194. The van der Waals surface area contributed by atoms with E-state index < -0.39 is 0 Å². The molecule has 2 atom stereocenters. The lowest BCUT2D eigenvalue weighted by Gasteiger charge is -2.36. The molecule has 2 nitrogen and oxygen atoms in total. The maximum Gasteiger partial charge on any atom is 0.147 e. The van der Waals surface area contributed by atoms with Gasteiger partial charge in [0.25, 0.3) is 0 Å². The second kappa shape index (κ2) is 5.49. The molecule has 1 aliphatic heterocycles. The number of rotatable bonds is 2. The monoisotopic (exact) mass is 284 g/mol. The summed E-state index contributed by atoms with van der Waals surface area (Å²) in [4.78, 5) is 2.09. The molecule has 0 fully saturated rings. The molecule has 0 amide bonds. The summed E-state index contributed by atoms with van der Waals surface area (Å²) in [5.41, 5.74) is 9.92. The highest BCUT2D eigenvalue weighted by Crippen LogP contribution is 2.39. The fraction of sp³-hybridized carbons (Fsp3) is 0.333. The number of hydrogen-bond acceptors (Lipinski definition) is 2. The van der Waals surface area contributed by atoms with E-state index in [1.807, 2.05) is 25.1 Å². The van der Waals surface area contributed by atoms with Gasteiger partial charge < -0.3 is 10.6 Å². The van der Waals surface area contributed by atoms with Gasteiger partial charge in [-0.25, -0.2) is 4.39 Å². The second-order valence-electron chi connectivity index (χ2n) is 6.01. The molecular formula is C18H21FN2. The van der Waals surface area contributed by atoms with E-state index in [4.69, 9.17) is 5.73 Å². The molecule has 0 aromatic heterocycles. The minimum Gasteiger partial charge on any atom is -0.338 e. The van der Waals surface area contributed by atoms with Crippen molar-refractivity contribution in [1.82, 2.24) is 0 Å². The first kappa shape index (κ1) is 14.1. The number of benzene rings is 2. The highest BCUT2D eigenvalue weighted by molar-refractivity contribution is 5.71. The third kappa shape index (κ3) is 2.54. The van der Waals surface area contributed by atoms with Gasteiger partial charge in [0.15, 0.2) is 0 Å². The molecule has 2 N–H and O–H groups in total. The number of halogens is 1. The lowest BCUT2D eigenvalue weighted by Crippen LogP contribution is -2.32. The van der Waals surface area contributed by atoms with Crippen LogP contribution in [0.3, 0.4) is 0 Å². The van der Waals surface area contributed by atoms with Crippen molar-refractivity contribution < 1.29 is 4.39 Å².